The Morgan fingerprint density at radius 2 is 1.80 bits per heavy atom. The van der Waals surface area contributed by atoms with Gasteiger partial charge in [-0.2, -0.15) is 0 Å². The van der Waals surface area contributed by atoms with Gasteiger partial charge in [0.1, 0.15) is 5.78 Å². The summed E-state index contributed by atoms with van der Waals surface area (Å²) in [4.78, 5) is 11.7. The van der Waals surface area contributed by atoms with Crippen molar-refractivity contribution in [3.63, 3.8) is 0 Å². The van der Waals surface area contributed by atoms with Crippen molar-refractivity contribution in [3.05, 3.63) is 0 Å². The first-order valence-electron chi connectivity index (χ1n) is 6.10. The predicted octanol–water partition coefficient (Wildman–Crippen LogP) is 3.44. The maximum absolute atomic E-state index is 11.7. The smallest absolute Gasteiger partial charge is 0.138 e. The molecule has 0 amide bonds. The van der Waals surface area contributed by atoms with E-state index < -0.39 is 0 Å². The van der Waals surface area contributed by atoms with Gasteiger partial charge in [0.05, 0.1) is 6.10 Å². The van der Waals surface area contributed by atoms with Crippen LogP contribution in [0.4, 0.5) is 0 Å². The standard InChI is InChI=1S/C13H26O2/c1-6-10(3)8-12(15-5)9-13(14)11(4)7-2/h10-12H,6-9H2,1-5H3/t10-,11?,12-/m0/s1. The van der Waals surface area contributed by atoms with Crippen molar-refractivity contribution in [1.82, 2.24) is 0 Å². The highest BCUT2D eigenvalue weighted by Crippen LogP contribution is 2.17. The van der Waals surface area contributed by atoms with Gasteiger partial charge in [0, 0.05) is 19.4 Å². The van der Waals surface area contributed by atoms with Gasteiger partial charge in [-0.3, -0.25) is 4.79 Å². The zero-order chi connectivity index (χ0) is 11.8. The molecule has 2 nitrogen and oxygen atoms in total. The average molecular weight is 214 g/mol. The highest BCUT2D eigenvalue weighted by molar-refractivity contribution is 5.81. The minimum absolute atomic E-state index is 0.112. The molecule has 0 rings (SSSR count). The Morgan fingerprint density at radius 3 is 2.20 bits per heavy atom. The van der Waals surface area contributed by atoms with Gasteiger partial charge in [-0.1, -0.05) is 34.1 Å². The Balaban J connectivity index is 4.03. The Labute approximate surface area is 94.4 Å². The van der Waals surface area contributed by atoms with E-state index in [1.165, 1.54) is 0 Å². The number of hydrogen-bond donors (Lipinski definition) is 0. The summed E-state index contributed by atoms with van der Waals surface area (Å²) in [5.74, 6) is 1.16. The number of rotatable bonds is 8. The van der Waals surface area contributed by atoms with Crippen LogP contribution in [-0.4, -0.2) is 19.0 Å². The van der Waals surface area contributed by atoms with Gasteiger partial charge in [-0.05, 0) is 18.8 Å². The minimum Gasteiger partial charge on any atom is -0.381 e. The summed E-state index contributed by atoms with van der Waals surface area (Å²) in [6, 6.07) is 0. The fraction of sp³-hybridized carbons (Fsp3) is 0.923. The third kappa shape index (κ3) is 5.93. The number of ketones is 1. The normalized spacial score (nSPS) is 17.1. The van der Waals surface area contributed by atoms with E-state index in [2.05, 4.69) is 20.8 Å². The van der Waals surface area contributed by atoms with E-state index in [4.69, 9.17) is 4.74 Å². The first-order chi connectivity index (χ1) is 7.04. The molecule has 0 radical (unpaired) electrons. The fourth-order valence-corrected chi connectivity index (χ4v) is 1.53. The summed E-state index contributed by atoms with van der Waals surface area (Å²) >= 11 is 0. The molecule has 0 heterocycles. The molecular formula is C13H26O2. The molecule has 15 heavy (non-hydrogen) atoms. The number of Topliss-reactive ketones (excluding diaryl/α,β-unsaturated/α-hetero) is 1. The van der Waals surface area contributed by atoms with Crippen molar-refractivity contribution in [1.29, 1.82) is 0 Å². The molecule has 90 valence electrons. The summed E-state index contributed by atoms with van der Waals surface area (Å²) in [6.45, 7) is 8.44. The van der Waals surface area contributed by atoms with Crippen molar-refractivity contribution in [2.45, 2.75) is 59.5 Å². The zero-order valence-electron chi connectivity index (χ0n) is 10.9. The summed E-state index contributed by atoms with van der Waals surface area (Å²) < 4.78 is 5.37. The largest absolute Gasteiger partial charge is 0.381 e. The lowest BCUT2D eigenvalue weighted by Gasteiger charge is -2.19. The van der Waals surface area contributed by atoms with E-state index in [1.807, 2.05) is 6.92 Å². The molecule has 0 aromatic carbocycles. The maximum Gasteiger partial charge on any atom is 0.138 e. The van der Waals surface area contributed by atoms with E-state index >= 15 is 0 Å². The second-order valence-corrected chi connectivity index (χ2v) is 4.59. The van der Waals surface area contributed by atoms with Crippen LogP contribution in [0.1, 0.15) is 53.4 Å². The Morgan fingerprint density at radius 1 is 1.20 bits per heavy atom. The topological polar surface area (TPSA) is 26.3 Å². The lowest BCUT2D eigenvalue weighted by atomic mass is 9.93. The van der Waals surface area contributed by atoms with Crippen LogP contribution in [0.5, 0.6) is 0 Å². The molecule has 0 N–H and O–H groups in total. The second kappa shape index (κ2) is 7.86. The Kier molecular flexibility index (Phi) is 7.67. The molecular weight excluding hydrogens is 188 g/mol. The van der Waals surface area contributed by atoms with Gasteiger partial charge in [-0.25, -0.2) is 0 Å². The van der Waals surface area contributed by atoms with E-state index in [-0.39, 0.29) is 12.0 Å². The van der Waals surface area contributed by atoms with Gasteiger partial charge in [0.25, 0.3) is 0 Å². The number of ether oxygens (including phenoxy) is 1. The van der Waals surface area contributed by atoms with Crippen LogP contribution < -0.4 is 0 Å². The van der Waals surface area contributed by atoms with Gasteiger partial charge < -0.3 is 4.74 Å². The van der Waals surface area contributed by atoms with Crippen molar-refractivity contribution in [2.75, 3.05) is 7.11 Å². The fourth-order valence-electron chi connectivity index (χ4n) is 1.53. The highest BCUT2D eigenvalue weighted by atomic mass is 16.5. The predicted molar refractivity (Wildman–Crippen MR) is 63.9 cm³/mol. The van der Waals surface area contributed by atoms with Gasteiger partial charge >= 0.3 is 0 Å². The first-order valence-corrected chi connectivity index (χ1v) is 6.10. The van der Waals surface area contributed by atoms with Crippen LogP contribution in [0, 0.1) is 11.8 Å². The monoisotopic (exact) mass is 214 g/mol. The molecule has 0 saturated carbocycles. The van der Waals surface area contributed by atoms with Gasteiger partial charge in [0.2, 0.25) is 0 Å². The molecule has 0 aromatic rings. The molecule has 0 aliphatic rings. The zero-order valence-corrected chi connectivity index (χ0v) is 10.9. The van der Waals surface area contributed by atoms with Gasteiger partial charge in [0.15, 0.2) is 0 Å². The maximum atomic E-state index is 11.7. The summed E-state index contributed by atoms with van der Waals surface area (Å²) in [5, 5.41) is 0. The average Bonchev–Trinajstić information content (AvgIpc) is 2.26. The minimum atomic E-state index is 0.112. The molecule has 2 heteroatoms. The van der Waals surface area contributed by atoms with E-state index in [0.717, 1.165) is 19.3 Å². The van der Waals surface area contributed by atoms with Crippen LogP contribution in [0.3, 0.4) is 0 Å². The molecule has 3 atom stereocenters. The first kappa shape index (κ1) is 14.6. The Bertz CT molecular complexity index is 177. The van der Waals surface area contributed by atoms with E-state index in [9.17, 15) is 4.79 Å². The highest BCUT2D eigenvalue weighted by Gasteiger charge is 2.18. The third-order valence-electron chi connectivity index (χ3n) is 3.29. The SMILES string of the molecule is CCC(C)C(=O)C[C@H](C[C@@H](C)CC)OC. The molecule has 0 aliphatic heterocycles. The van der Waals surface area contributed by atoms with Crippen LogP contribution in [-0.2, 0) is 9.53 Å². The van der Waals surface area contributed by atoms with Crippen LogP contribution >= 0.6 is 0 Å². The number of hydrogen-bond acceptors (Lipinski definition) is 2. The molecule has 0 fully saturated rings. The van der Waals surface area contributed by atoms with Crippen molar-refractivity contribution in [3.8, 4) is 0 Å². The second-order valence-electron chi connectivity index (χ2n) is 4.59. The van der Waals surface area contributed by atoms with E-state index in [1.54, 1.807) is 7.11 Å². The van der Waals surface area contributed by atoms with Crippen LogP contribution in [0.2, 0.25) is 0 Å². The molecule has 0 aliphatic carbocycles. The molecule has 0 aromatic heterocycles. The van der Waals surface area contributed by atoms with Gasteiger partial charge in [-0.15, -0.1) is 0 Å². The molecule has 0 bridgehead atoms. The number of carbonyl (C=O) groups is 1. The molecule has 1 unspecified atom stereocenters. The summed E-state index contributed by atoms with van der Waals surface area (Å²) in [5.41, 5.74) is 0. The summed E-state index contributed by atoms with van der Waals surface area (Å²) in [6.07, 6.45) is 3.77. The molecule has 0 spiro atoms. The number of methoxy groups -OCH3 is 1. The van der Waals surface area contributed by atoms with Crippen molar-refractivity contribution >= 4 is 5.78 Å². The van der Waals surface area contributed by atoms with Crippen molar-refractivity contribution in [2.24, 2.45) is 11.8 Å². The Hall–Kier alpha value is -0.370. The van der Waals surface area contributed by atoms with E-state index in [0.29, 0.717) is 18.1 Å². The summed E-state index contributed by atoms with van der Waals surface area (Å²) in [7, 11) is 1.71. The third-order valence-corrected chi connectivity index (χ3v) is 3.29. The lowest BCUT2D eigenvalue weighted by molar-refractivity contribution is -0.125. The molecule has 0 saturated heterocycles. The lowest BCUT2D eigenvalue weighted by Crippen LogP contribution is -2.22. The van der Waals surface area contributed by atoms with Crippen LogP contribution in [0.15, 0.2) is 0 Å². The quantitative estimate of drug-likeness (QED) is 0.618. The number of carbonyl (C=O) groups excluding carboxylic acids is 1. The van der Waals surface area contributed by atoms with Crippen molar-refractivity contribution < 1.29 is 9.53 Å². The van der Waals surface area contributed by atoms with Crippen LogP contribution in [0.25, 0.3) is 0 Å².